The molecule has 0 unspecified atom stereocenters. The number of hydrogen-bond donors (Lipinski definition) is 2. The van der Waals surface area contributed by atoms with Crippen LogP contribution in [-0.2, 0) is 6.54 Å². The zero-order valence-electron chi connectivity index (χ0n) is 15.9. The lowest BCUT2D eigenvalue weighted by molar-refractivity contribution is -0.362. The van der Waals surface area contributed by atoms with Gasteiger partial charge in [0, 0.05) is 36.1 Å². The molecule has 0 aliphatic heterocycles. The minimum atomic E-state index is 0.535. The summed E-state index contributed by atoms with van der Waals surface area (Å²) in [7, 11) is 0. The molecular weight excluding hydrogens is 356 g/mol. The van der Waals surface area contributed by atoms with Gasteiger partial charge in [-0.2, -0.15) is 0 Å². The third-order valence-corrected chi connectivity index (χ3v) is 5.22. The predicted molar refractivity (Wildman–Crippen MR) is 117 cm³/mol. The van der Waals surface area contributed by atoms with Gasteiger partial charge < -0.3 is 10.7 Å². The van der Waals surface area contributed by atoms with E-state index < -0.39 is 0 Å². The van der Waals surface area contributed by atoms with E-state index in [2.05, 4.69) is 70.6 Å². The average molecular weight is 377 g/mol. The zero-order valence-corrected chi connectivity index (χ0v) is 15.9. The molecule has 0 aliphatic rings. The van der Waals surface area contributed by atoms with Crippen molar-refractivity contribution >= 4 is 10.9 Å². The van der Waals surface area contributed by atoms with Crippen molar-refractivity contribution < 1.29 is 4.98 Å². The lowest BCUT2D eigenvalue weighted by atomic mass is 9.96. The SMILES string of the molecule is NCc1ccc(-c2nc3cc[nH+]c(-c4cc[nH]c4)c3cc2-c2ccccc2)cc1. The van der Waals surface area contributed by atoms with Crippen LogP contribution >= 0.6 is 0 Å². The Morgan fingerprint density at radius 1 is 0.862 bits per heavy atom. The Hall–Kier alpha value is -3.76. The van der Waals surface area contributed by atoms with Crippen molar-refractivity contribution in [2.75, 3.05) is 0 Å². The van der Waals surface area contributed by atoms with Crippen LogP contribution in [0.2, 0.25) is 0 Å². The van der Waals surface area contributed by atoms with E-state index in [-0.39, 0.29) is 0 Å². The molecule has 0 atom stereocenters. The van der Waals surface area contributed by atoms with Crippen LogP contribution in [-0.4, -0.2) is 9.97 Å². The highest BCUT2D eigenvalue weighted by molar-refractivity contribution is 5.97. The third kappa shape index (κ3) is 3.20. The molecule has 3 heterocycles. The molecule has 5 aromatic rings. The normalized spacial score (nSPS) is 11.1. The van der Waals surface area contributed by atoms with Crippen molar-refractivity contribution in [1.29, 1.82) is 0 Å². The second kappa shape index (κ2) is 7.34. The second-order valence-electron chi connectivity index (χ2n) is 7.04. The summed E-state index contributed by atoms with van der Waals surface area (Å²) in [6.45, 7) is 0.535. The Labute approximate surface area is 169 Å². The number of aromatic nitrogens is 3. The van der Waals surface area contributed by atoms with Crippen molar-refractivity contribution in [2.45, 2.75) is 6.54 Å². The summed E-state index contributed by atoms with van der Waals surface area (Å²) in [5.41, 5.74) is 14.3. The van der Waals surface area contributed by atoms with Gasteiger partial charge >= 0.3 is 0 Å². The molecule has 0 saturated carbocycles. The number of fused-ring (bicyclic) bond motifs is 1. The Balaban J connectivity index is 1.79. The molecule has 0 saturated heterocycles. The molecule has 0 bridgehead atoms. The fraction of sp³-hybridized carbons (Fsp3) is 0.0400. The summed E-state index contributed by atoms with van der Waals surface area (Å²) in [5.74, 6) is 0. The molecule has 5 rings (SSSR count). The van der Waals surface area contributed by atoms with E-state index in [0.29, 0.717) is 6.54 Å². The van der Waals surface area contributed by atoms with Gasteiger partial charge in [0.05, 0.1) is 22.2 Å². The van der Waals surface area contributed by atoms with Crippen LogP contribution in [0, 0.1) is 0 Å². The van der Waals surface area contributed by atoms with Crippen molar-refractivity contribution in [3.05, 3.63) is 97.0 Å². The molecule has 0 radical (unpaired) electrons. The Bertz CT molecular complexity index is 1260. The number of aromatic amines is 2. The van der Waals surface area contributed by atoms with Crippen molar-refractivity contribution in [3.8, 4) is 33.6 Å². The van der Waals surface area contributed by atoms with Crippen LogP contribution in [0.5, 0.6) is 0 Å². The maximum Gasteiger partial charge on any atom is 0.221 e. The lowest BCUT2D eigenvalue weighted by Gasteiger charge is -2.12. The molecule has 140 valence electrons. The summed E-state index contributed by atoms with van der Waals surface area (Å²) in [5, 5.41) is 1.09. The molecule has 0 fully saturated rings. The fourth-order valence-electron chi connectivity index (χ4n) is 3.71. The van der Waals surface area contributed by atoms with Gasteiger partial charge in [0.2, 0.25) is 5.69 Å². The highest BCUT2D eigenvalue weighted by atomic mass is 14.8. The molecule has 0 aliphatic carbocycles. The number of nitrogens with one attached hydrogen (secondary N) is 2. The van der Waals surface area contributed by atoms with E-state index in [4.69, 9.17) is 10.7 Å². The first kappa shape index (κ1) is 17.3. The number of rotatable bonds is 4. The summed E-state index contributed by atoms with van der Waals surface area (Å²) in [4.78, 5) is 11.6. The standard InChI is InChI=1S/C25H20N4/c26-15-17-6-8-19(9-7-17)25-21(18-4-2-1-3-5-18)14-22-23(29-25)11-13-28-24(22)20-10-12-27-16-20/h1-14,16,27H,15,26H2/p+1. The fourth-order valence-corrected chi connectivity index (χ4v) is 3.71. The number of nitrogens with zero attached hydrogens (tertiary/aromatic N) is 1. The van der Waals surface area contributed by atoms with Gasteiger partial charge in [0.1, 0.15) is 0 Å². The van der Waals surface area contributed by atoms with Gasteiger partial charge in [-0.05, 0) is 23.3 Å². The lowest BCUT2D eigenvalue weighted by Crippen LogP contribution is -2.07. The van der Waals surface area contributed by atoms with Crippen molar-refractivity contribution in [3.63, 3.8) is 0 Å². The highest BCUT2D eigenvalue weighted by Gasteiger charge is 2.17. The summed E-state index contributed by atoms with van der Waals surface area (Å²) >= 11 is 0. The van der Waals surface area contributed by atoms with Gasteiger partial charge in [-0.3, -0.25) is 0 Å². The quantitative estimate of drug-likeness (QED) is 0.471. The van der Waals surface area contributed by atoms with E-state index >= 15 is 0 Å². The molecule has 29 heavy (non-hydrogen) atoms. The minimum absolute atomic E-state index is 0.535. The molecule has 4 heteroatoms. The molecule has 2 aromatic carbocycles. The average Bonchev–Trinajstić information content (AvgIpc) is 3.33. The second-order valence-corrected chi connectivity index (χ2v) is 7.04. The minimum Gasteiger partial charge on any atom is -0.367 e. The number of benzene rings is 2. The molecular formula is C25H21N4+. The first-order valence-corrected chi connectivity index (χ1v) is 9.67. The summed E-state index contributed by atoms with van der Waals surface area (Å²) in [6, 6.07) is 25.1. The number of H-pyrrole nitrogens is 2. The van der Waals surface area contributed by atoms with Gasteiger partial charge in [-0.1, -0.05) is 54.6 Å². The van der Waals surface area contributed by atoms with Crippen LogP contribution in [0.15, 0.2) is 91.4 Å². The van der Waals surface area contributed by atoms with Crippen LogP contribution < -0.4 is 10.7 Å². The highest BCUT2D eigenvalue weighted by Crippen LogP contribution is 2.35. The first-order valence-electron chi connectivity index (χ1n) is 9.67. The maximum atomic E-state index is 5.78. The largest absolute Gasteiger partial charge is 0.367 e. The topological polar surface area (TPSA) is 68.8 Å². The smallest absolute Gasteiger partial charge is 0.221 e. The molecule has 0 spiro atoms. The Morgan fingerprint density at radius 2 is 1.69 bits per heavy atom. The Morgan fingerprint density at radius 3 is 2.41 bits per heavy atom. The van der Waals surface area contributed by atoms with E-state index in [0.717, 1.165) is 50.1 Å². The number of hydrogen-bond acceptors (Lipinski definition) is 2. The van der Waals surface area contributed by atoms with Gasteiger partial charge in [0.25, 0.3) is 0 Å². The number of pyridine rings is 2. The van der Waals surface area contributed by atoms with Crippen molar-refractivity contribution in [2.24, 2.45) is 5.73 Å². The summed E-state index contributed by atoms with van der Waals surface area (Å²) in [6.07, 6.45) is 5.87. The summed E-state index contributed by atoms with van der Waals surface area (Å²) < 4.78 is 0. The van der Waals surface area contributed by atoms with E-state index in [1.807, 2.05) is 30.7 Å². The molecule has 4 N–H and O–H groups in total. The van der Waals surface area contributed by atoms with Gasteiger partial charge in [-0.15, -0.1) is 0 Å². The van der Waals surface area contributed by atoms with Gasteiger partial charge in [-0.25, -0.2) is 9.97 Å². The number of nitrogens with two attached hydrogens (primary N) is 1. The van der Waals surface area contributed by atoms with E-state index in [1.54, 1.807) is 0 Å². The van der Waals surface area contributed by atoms with E-state index in [1.165, 1.54) is 0 Å². The molecule has 0 amide bonds. The van der Waals surface area contributed by atoms with Crippen LogP contribution in [0.1, 0.15) is 5.56 Å². The molecule has 3 aromatic heterocycles. The van der Waals surface area contributed by atoms with Crippen LogP contribution in [0.3, 0.4) is 0 Å². The maximum absolute atomic E-state index is 5.78. The van der Waals surface area contributed by atoms with Crippen LogP contribution in [0.4, 0.5) is 0 Å². The van der Waals surface area contributed by atoms with E-state index in [9.17, 15) is 0 Å². The van der Waals surface area contributed by atoms with Gasteiger partial charge in [0.15, 0.2) is 6.20 Å². The monoisotopic (exact) mass is 377 g/mol. The zero-order chi connectivity index (χ0) is 19.6. The third-order valence-electron chi connectivity index (χ3n) is 5.22. The van der Waals surface area contributed by atoms with Crippen molar-refractivity contribution in [1.82, 2.24) is 9.97 Å². The molecule has 4 nitrogen and oxygen atoms in total. The first-order chi connectivity index (χ1) is 14.3. The van der Waals surface area contributed by atoms with Crippen LogP contribution in [0.25, 0.3) is 44.5 Å². The Kier molecular flexibility index (Phi) is 4.39. The predicted octanol–water partition coefficient (Wildman–Crippen LogP) is 4.84.